The van der Waals surface area contributed by atoms with Crippen LogP contribution >= 0.6 is 23.1 Å². The van der Waals surface area contributed by atoms with Gasteiger partial charge in [0.2, 0.25) is 0 Å². The zero-order valence-corrected chi connectivity index (χ0v) is 14.6. The van der Waals surface area contributed by atoms with Gasteiger partial charge < -0.3 is 5.32 Å². The SMILES string of the molecule is Cc1cc(F)ccc1NC(=O)c1ccc(SCc2cscn2)cc1. The molecular weight excluding hydrogens is 343 g/mol. The lowest BCUT2D eigenvalue weighted by molar-refractivity contribution is 0.102. The fourth-order valence-electron chi connectivity index (χ4n) is 2.13. The Labute approximate surface area is 148 Å². The van der Waals surface area contributed by atoms with E-state index in [1.54, 1.807) is 48.2 Å². The fourth-order valence-corrected chi connectivity index (χ4v) is 3.60. The molecule has 2 aromatic carbocycles. The van der Waals surface area contributed by atoms with Crippen molar-refractivity contribution in [3.05, 3.63) is 76.0 Å². The number of nitrogens with one attached hydrogen (secondary N) is 1. The molecule has 0 radical (unpaired) electrons. The number of thioether (sulfide) groups is 1. The molecule has 1 aromatic heterocycles. The van der Waals surface area contributed by atoms with Gasteiger partial charge in [-0.15, -0.1) is 23.1 Å². The highest BCUT2D eigenvalue weighted by Gasteiger charge is 2.08. The maximum Gasteiger partial charge on any atom is 0.255 e. The van der Waals surface area contributed by atoms with Crippen LogP contribution in [0.5, 0.6) is 0 Å². The molecule has 1 N–H and O–H groups in total. The van der Waals surface area contributed by atoms with Crippen molar-refractivity contribution < 1.29 is 9.18 Å². The number of carbonyl (C=O) groups excluding carboxylic acids is 1. The minimum Gasteiger partial charge on any atom is -0.322 e. The van der Waals surface area contributed by atoms with Gasteiger partial charge in [-0.1, -0.05) is 0 Å². The number of halogens is 1. The molecule has 6 heteroatoms. The van der Waals surface area contributed by atoms with E-state index in [0.29, 0.717) is 16.8 Å². The summed E-state index contributed by atoms with van der Waals surface area (Å²) < 4.78 is 13.1. The lowest BCUT2D eigenvalue weighted by Crippen LogP contribution is -2.12. The van der Waals surface area contributed by atoms with Gasteiger partial charge in [0.05, 0.1) is 11.2 Å². The Hall–Kier alpha value is -2.18. The summed E-state index contributed by atoms with van der Waals surface area (Å²) in [6, 6.07) is 11.7. The monoisotopic (exact) mass is 358 g/mol. The highest BCUT2D eigenvalue weighted by atomic mass is 32.2. The molecule has 0 atom stereocenters. The van der Waals surface area contributed by atoms with Crippen molar-refractivity contribution >= 4 is 34.7 Å². The van der Waals surface area contributed by atoms with Gasteiger partial charge in [-0.2, -0.15) is 0 Å². The number of rotatable bonds is 5. The van der Waals surface area contributed by atoms with E-state index < -0.39 is 0 Å². The molecule has 0 unspecified atom stereocenters. The molecule has 1 heterocycles. The number of carbonyl (C=O) groups is 1. The van der Waals surface area contributed by atoms with E-state index in [0.717, 1.165) is 16.3 Å². The molecule has 0 aliphatic heterocycles. The largest absolute Gasteiger partial charge is 0.322 e. The first-order chi connectivity index (χ1) is 11.6. The van der Waals surface area contributed by atoms with E-state index in [2.05, 4.69) is 10.3 Å². The van der Waals surface area contributed by atoms with Crippen LogP contribution in [0.2, 0.25) is 0 Å². The van der Waals surface area contributed by atoms with E-state index in [4.69, 9.17) is 0 Å². The van der Waals surface area contributed by atoms with Crippen molar-refractivity contribution in [1.29, 1.82) is 0 Å². The smallest absolute Gasteiger partial charge is 0.255 e. The molecule has 0 fully saturated rings. The minimum absolute atomic E-state index is 0.208. The third kappa shape index (κ3) is 4.21. The second kappa shape index (κ2) is 7.59. The summed E-state index contributed by atoms with van der Waals surface area (Å²) >= 11 is 3.26. The molecule has 0 saturated heterocycles. The van der Waals surface area contributed by atoms with Gasteiger partial charge in [0.15, 0.2) is 0 Å². The maximum atomic E-state index is 13.1. The van der Waals surface area contributed by atoms with E-state index in [-0.39, 0.29) is 11.7 Å². The van der Waals surface area contributed by atoms with Crippen LogP contribution in [0.4, 0.5) is 10.1 Å². The van der Waals surface area contributed by atoms with Crippen LogP contribution in [0.15, 0.2) is 58.3 Å². The van der Waals surface area contributed by atoms with Crippen molar-refractivity contribution in [1.82, 2.24) is 4.98 Å². The molecule has 3 rings (SSSR count). The third-order valence-corrected chi connectivity index (χ3v) is 5.10. The van der Waals surface area contributed by atoms with E-state index in [1.165, 1.54) is 12.1 Å². The van der Waals surface area contributed by atoms with E-state index in [9.17, 15) is 9.18 Å². The molecule has 1 amide bonds. The third-order valence-electron chi connectivity index (χ3n) is 3.42. The Balaban J connectivity index is 1.63. The van der Waals surface area contributed by atoms with Gasteiger partial charge in [-0.3, -0.25) is 4.79 Å². The fraction of sp³-hybridized carbons (Fsp3) is 0.111. The number of thiazole rings is 1. The molecule has 122 valence electrons. The Morgan fingerprint density at radius 3 is 2.71 bits per heavy atom. The molecule has 24 heavy (non-hydrogen) atoms. The van der Waals surface area contributed by atoms with Crippen molar-refractivity contribution in [3.63, 3.8) is 0 Å². The lowest BCUT2D eigenvalue weighted by Gasteiger charge is -2.09. The summed E-state index contributed by atoms with van der Waals surface area (Å²) in [4.78, 5) is 17.6. The molecule has 3 aromatic rings. The Bertz CT molecular complexity index is 833. The summed E-state index contributed by atoms with van der Waals surface area (Å²) in [7, 11) is 0. The molecule has 0 aliphatic rings. The molecule has 0 saturated carbocycles. The Morgan fingerprint density at radius 2 is 2.04 bits per heavy atom. The summed E-state index contributed by atoms with van der Waals surface area (Å²) in [6.45, 7) is 1.76. The predicted octanol–water partition coefficient (Wildman–Crippen LogP) is 5.14. The van der Waals surface area contributed by atoms with Crippen LogP contribution < -0.4 is 5.32 Å². The average molecular weight is 358 g/mol. The zero-order chi connectivity index (χ0) is 16.9. The van der Waals surface area contributed by atoms with Crippen LogP contribution in [0, 0.1) is 12.7 Å². The van der Waals surface area contributed by atoms with Crippen molar-refractivity contribution in [2.45, 2.75) is 17.6 Å². The number of aromatic nitrogens is 1. The summed E-state index contributed by atoms with van der Waals surface area (Å²) in [5, 5.41) is 4.83. The van der Waals surface area contributed by atoms with Gasteiger partial charge in [0.25, 0.3) is 5.91 Å². The predicted molar refractivity (Wildman–Crippen MR) is 97.2 cm³/mol. The molecular formula is C18H15FN2OS2. The van der Waals surface area contributed by atoms with Crippen LogP contribution in [0.3, 0.4) is 0 Å². The molecule has 0 bridgehead atoms. The van der Waals surface area contributed by atoms with Crippen LogP contribution in [0.1, 0.15) is 21.6 Å². The number of nitrogens with zero attached hydrogens (tertiary/aromatic N) is 1. The first-order valence-electron chi connectivity index (χ1n) is 7.29. The van der Waals surface area contributed by atoms with Crippen molar-refractivity contribution in [3.8, 4) is 0 Å². The van der Waals surface area contributed by atoms with Crippen molar-refractivity contribution in [2.75, 3.05) is 5.32 Å². The molecule has 0 spiro atoms. The number of anilines is 1. The van der Waals surface area contributed by atoms with Gasteiger partial charge in [0.1, 0.15) is 5.82 Å². The number of benzene rings is 2. The van der Waals surface area contributed by atoms with Crippen LogP contribution in [-0.4, -0.2) is 10.9 Å². The highest BCUT2D eigenvalue weighted by Crippen LogP contribution is 2.23. The summed E-state index contributed by atoms with van der Waals surface area (Å²) in [5.41, 5.74) is 4.75. The first kappa shape index (κ1) is 16.7. The zero-order valence-electron chi connectivity index (χ0n) is 13.0. The standard InChI is InChI=1S/C18H15FN2OS2/c1-12-8-14(19)4-7-17(12)21-18(22)13-2-5-16(6-3-13)24-10-15-9-23-11-20-15/h2-9,11H,10H2,1H3,(H,21,22). The van der Waals surface area contributed by atoms with Gasteiger partial charge in [-0.05, 0) is 55.0 Å². The normalized spacial score (nSPS) is 10.6. The van der Waals surface area contributed by atoms with Crippen LogP contribution in [0.25, 0.3) is 0 Å². The number of hydrogen-bond acceptors (Lipinski definition) is 4. The van der Waals surface area contributed by atoms with E-state index >= 15 is 0 Å². The number of aryl methyl sites for hydroxylation is 1. The summed E-state index contributed by atoms with van der Waals surface area (Å²) in [6.07, 6.45) is 0. The summed E-state index contributed by atoms with van der Waals surface area (Å²) in [5.74, 6) is 0.289. The highest BCUT2D eigenvalue weighted by molar-refractivity contribution is 7.98. The first-order valence-corrected chi connectivity index (χ1v) is 9.22. The number of amides is 1. The average Bonchev–Trinajstić information content (AvgIpc) is 3.09. The van der Waals surface area contributed by atoms with Crippen molar-refractivity contribution in [2.24, 2.45) is 0 Å². The minimum atomic E-state index is -0.313. The topological polar surface area (TPSA) is 42.0 Å². The lowest BCUT2D eigenvalue weighted by atomic mass is 10.1. The molecule has 3 nitrogen and oxygen atoms in total. The Morgan fingerprint density at radius 1 is 1.25 bits per heavy atom. The Kier molecular flexibility index (Phi) is 5.27. The second-order valence-electron chi connectivity index (χ2n) is 5.21. The van der Waals surface area contributed by atoms with Crippen LogP contribution in [-0.2, 0) is 5.75 Å². The molecule has 0 aliphatic carbocycles. The second-order valence-corrected chi connectivity index (χ2v) is 6.97. The number of hydrogen-bond donors (Lipinski definition) is 1. The maximum absolute atomic E-state index is 13.1. The van der Waals surface area contributed by atoms with E-state index in [1.807, 2.05) is 23.0 Å². The quantitative estimate of drug-likeness (QED) is 0.643. The van der Waals surface area contributed by atoms with Gasteiger partial charge in [-0.25, -0.2) is 9.37 Å². The van der Waals surface area contributed by atoms with Gasteiger partial charge >= 0.3 is 0 Å². The van der Waals surface area contributed by atoms with Gasteiger partial charge in [0, 0.05) is 27.3 Å².